The first-order chi connectivity index (χ1) is 11.6. The number of pyridine rings is 1. The molecule has 0 bridgehead atoms. The summed E-state index contributed by atoms with van der Waals surface area (Å²) in [5.74, 6) is -5.83. The number of halogens is 5. The SMILES string of the molecule is N#Cc1c(N)[nH]c(=O)c(C#N)c1-c1ccc(OC(F)(F)F)c(F)c1F. The molecule has 0 amide bonds. The van der Waals surface area contributed by atoms with E-state index in [9.17, 15) is 26.7 Å². The van der Waals surface area contributed by atoms with Crippen molar-refractivity contribution < 1.29 is 26.7 Å². The lowest BCUT2D eigenvalue weighted by Crippen LogP contribution is -2.19. The van der Waals surface area contributed by atoms with Crippen molar-refractivity contribution in [3.8, 4) is 29.0 Å². The Morgan fingerprint density at radius 1 is 1.08 bits per heavy atom. The highest BCUT2D eigenvalue weighted by Crippen LogP contribution is 2.35. The van der Waals surface area contributed by atoms with Crippen molar-refractivity contribution in [3.05, 3.63) is 45.2 Å². The molecule has 6 nitrogen and oxygen atoms in total. The van der Waals surface area contributed by atoms with E-state index in [-0.39, 0.29) is 0 Å². The first kappa shape index (κ1) is 17.7. The Labute approximate surface area is 135 Å². The maximum atomic E-state index is 14.2. The van der Waals surface area contributed by atoms with Crippen molar-refractivity contribution in [3.63, 3.8) is 0 Å². The van der Waals surface area contributed by atoms with E-state index in [1.165, 1.54) is 12.1 Å². The molecular formula is C14H5F5N4O2. The fourth-order valence-corrected chi connectivity index (χ4v) is 2.04. The summed E-state index contributed by atoms with van der Waals surface area (Å²) in [4.78, 5) is 13.7. The molecule has 1 aromatic heterocycles. The molecule has 0 atom stereocenters. The minimum Gasteiger partial charge on any atom is -0.403 e. The van der Waals surface area contributed by atoms with Crippen molar-refractivity contribution in [1.29, 1.82) is 10.5 Å². The average molecular weight is 356 g/mol. The highest BCUT2D eigenvalue weighted by Gasteiger charge is 2.34. The standard InChI is InChI=1S/C14H5F5N4O2/c15-10-5(1-2-8(11(10)16)25-14(17,18)19)9-6(3-20)12(22)23-13(24)7(9)4-21/h1-2H,(H3,22,23,24). The van der Waals surface area contributed by atoms with Crippen LogP contribution < -0.4 is 16.0 Å². The number of nitrogens with zero attached hydrogens (tertiary/aromatic N) is 2. The topological polar surface area (TPSA) is 116 Å². The summed E-state index contributed by atoms with van der Waals surface area (Å²) in [6.45, 7) is 0. The number of rotatable bonds is 2. The Bertz CT molecular complexity index is 999. The summed E-state index contributed by atoms with van der Waals surface area (Å²) in [5, 5.41) is 18.1. The van der Waals surface area contributed by atoms with Crippen LogP contribution >= 0.6 is 0 Å². The predicted octanol–water partition coefficient (Wildman–Crippen LogP) is 2.54. The average Bonchev–Trinajstić information content (AvgIpc) is 2.50. The van der Waals surface area contributed by atoms with Crippen LogP contribution in [0.3, 0.4) is 0 Å². The smallest absolute Gasteiger partial charge is 0.403 e. The van der Waals surface area contributed by atoms with Crippen LogP contribution in [0.5, 0.6) is 5.75 Å². The van der Waals surface area contributed by atoms with Gasteiger partial charge in [-0.3, -0.25) is 4.79 Å². The molecule has 0 fully saturated rings. The van der Waals surface area contributed by atoms with Crippen molar-refractivity contribution in [2.75, 3.05) is 5.73 Å². The fraction of sp³-hybridized carbons (Fsp3) is 0.0714. The van der Waals surface area contributed by atoms with Crippen LogP contribution in [0.15, 0.2) is 16.9 Å². The van der Waals surface area contributed by atoms with Gasteiger partial charge in [0.25, 0.3) is 5.56 Å². The number of nitrogens with two attached hydrogens (primary N) is 1. The molecule has 2 rings (SSSR count). The third-order valence-corrected chi connectivity index (χ3v) is 3.01. The minimum atomic E-state index is -5.27. The van der Waals surface area contributed by atoms with Crippen LogP contribution in [0.4, 0.5) is 27.8 Å². The molecule has 0 saturated carbocycles. The molecule has 25 heavy (non-hydrogen) atoms. The van der Waals surface area contributed by atoms with Gasteiger partial charge >= 0.3 is 6.36 Å². The zero-order valence-electron chi connectivity index (χ0n) is 11.8. The van der Waals surface area contributed by atoms with Crippen molar-refractivity contribution in [2.45, 2.75) is 6.36 Å². The second-order valence-electron chi connectivity index (χ2n) is 4.50. The zero-order valence-corrected chi connectivity index (χ0v) is 11.8. The molecule has 0 saturated heterocycles. The van der Waals surface area contributed by atoms with Crippen LogP contribution in [0.1, 0.15) is 11.1 Å². The van der Waals surface area contributed by atoms with Gasteiger partial charge in [0, 0.05) is 11.1 Å². The molecule has 11 heteroatoms. The normalized spacial score (nSPS) is 10.8. The van der Waals surface area contributed by atoms with Crippen molar-refractivity contribution in [2.24, 2.45) is 0 Å². The van der Waals surface area contributed by atoms with E-state index in [0.29, 0.717) is 12.1 Å². The summed E-state index contributed by atoms with van der Waals surface area (Å²) < 4.78 is 67.9. The molecule has 128 valence electrons. The molecule has 0 aliphatic heterocycles. The quantitative estimate of drug-likeness (QED) is 0.802. The number of aromatic nitrogens is 1. The molecule has 0 aliphatic rings. The summed E-state index contributed by atoms with van der Waals surface area (Å²) in [7, 11) is 0. The van der Waals surface area contributed by atoms with E-state index < -0.39 is 57.4 Å². The van der Waals surface area contributed by atoms with Crippen LogP contribution in [-0.2, 0) is 0 Å². The van der Waals surface area contributed by atoms with Crippen LogP contribution in [0.2, 0.25) is 0 Å². The van der Waals surface area contributed by atoms with Gasteiger partial charge in [-0.25, -0.2) is 4.39 Å². The second kappa shape index (κ2) is 6.13. The number of ether oxygens (including phenoxy) is 1. The highest BCUT2D eigenvalue weighted by molar-refractivity contribution is 5.80. The number of aromatic amines is 1. The second-order valence-corrected chi connectivity index (χ2v) is 4.50. The van der Waals surface area contributed by atoms with Gasteiger partial charge in [0.05, 0.1) is 0 Å². The molecule has 1 heterocycles. The maximum absolute atomic E-state index is 14.2. The monoisotopic (exact) mass is 356 g/mol. The molecule has 0 spiro atoms. The molecule has 0 radical (unpaired) electrons. The van der Waals surface area contributed by atoms with Gasteiger partial charge in [-0.1, -0.05) is 0 Å². The summed E-state index contributed by atoms with van der Waals surface area (Å²) >= 11 is 0. The predicted molar refractivity (Wildman–Crippen MR) is 72.9 cm³/mol. The summed E-state index contributed by atoms with van der Waals surface area (Å²) in [6.07, 6.45) is -5.27. The molecule has 2 aromatic rings. The van der Waals surface area contributed by atoms with Crippen molar-refractivity contribution in [1.82, 2.24) is 4.98 Å². The third kappa shape index (κ3) is 3.21. The van der Waals surface area contributed by atoms with Gasteiger partial charge in [0.1, 0.15) is 29.1 Å². The van der Waals surface area contributed by atoms with Gasteiger partial charge in [-0.05, 0) is 12.1 Å². The van der Waals surface area contributed by atoms with Crippen LogP contribution in [0.25, 0.3) is 11.1 Å². The number of hydrogen-bond donors (Lipinski definition) is 2. The number of benzene rings is 1. The van der Waals surface area contributed by atoms with Gasteiger partial charge < -0.3 is 15.5 Å². The Morgan fingerprint density at radius 2 is 1.68 bits per heavy atom. The van der Waals surface area contributed by atoms with E-state index in [1.807, 2.05) is 4.98 Å². The lowest BCUT2D eigenvalue weighted by atomic mass is 9.96. The first-order valence-corrected chi connectivity index (χ1v) is 6.20. The van der Waals surface area contributed by atoms with Gasteiger partial charge in [0.2, 0.25) is 5.82 Å². The molecule has 0 aliphatic carbocycles. The highest BCUT2D eigenvalue weighted by atomic mass is 19.4. The minimum absolute atomic E-state index is 0.445. The lowest BCUT2D eigenvalue weighted by molar-refractivity contribution is -0.275. The van der Waals surface area contributed by atoms with E-state index in [2.05, 4.69) is 4.74 Å². The number of anilines is 1. The van der Waals surface area contributed by atoms with E-state index >= 15 is 0 Å². The van der Waals surface area contributed by atoms with Crippen molar-refractivity contribution >= 4 is 5.82 Å². The lowest BCUT2D eigenvalue weighted by Gasteiger charge is -2.13. The third-order valence-electron chi connectivity index (χ3n) is 3.01. The number of hydrogen-bond acceptors (Lipinski definition) is 5. The largest absolute Gasteiger partial charge is 0.573 e. The zero-order chi connectivity index (χ0) is 18.9. The van der Waals surface area contributed by atoms with Gasteiger partial charge in [-0.15, -0.1) is 13.2 Å². The van der Waals surface area contributed by atoms with Gasteiger partial charge in [0.15, 0.2) is 11.6 Å². The number of nitriles is 2. The van der Waals surface area contributed by atoms with E-state index in [4.69, 9.17) is 16.3 Å². The van der Waals surface area contributed by atoms with Gasteiger partial charge in [-0.2, -0.15) is 14.9 Å². The molecule has 0 unspecified atom stereocenters. The Kier molecular flexibility index (Phi) is 4.35. The number of alkyl halides is 3. The van der Waals surface area contributed by atoms with E-state index in [0.717, 1.165) is 0 Å². The number of nitrogens with one attached hydrogen (secondary N) is 1. The summed E-state index contributed by atoms with van der Waals surface area (Å²) in [6, 6.07) is 4.01. The number of nitrogen functional groups attached to an aromatic ring is 1. The Morgan fingerprint density at radius 3 is 2.20 bits per heavy atom. The summed E-state index contributed by atoms with van der Waals surface area (Å²) in [5.41, 5.74) is 1.61. The first-order valence-electron chi connectivity index (χ1n) is 6.20. The Balaban J connectivity index is 2.82. The van der Waals surface area contributed by atoms with E-state index in [1.54, 1.807) is 0 Å². The van der Waals surface area contributed by atoms with Crippen LogP contribution in [0, 0.1) is 34.3 Å². The maximum Gasteiger partial charge on any atom is 0.573 e. The number of H-pyrrole nitrogens is 1. The Hall–Kier alpha value is -3.60. The fourth-order valence-electron chi connectivity index (χ4n) is 2.04. The van der Waals surface area contributed by atoms with Crippen LogP contribution in [-0.4, -0.2) is 11.3 Å². The molecular weight excluding hydrogens is 351 g/mol. The molecule has 3 N–H and O–H groups in total. The molecule has 1 aromatic carbocycles.